The van der Waals surface area contributed by atoms with Gasteiger partial charge in [0.25, 0.3) is 0 Å². The molecule has 33 heavy (non-hydrogen) atoms. The minimum atomic E-state index is -3.98. The number of benzene rings is 1. The van der Waals surface area contributed by atoms with Crippen molar-refractivity contribution >= 4 is 21.4 Å². The van der Waals surface area contributed by atoms with Crippen molar-refractivity contribution in [2.45, 2.75) is 44.6 Å². The molecule has 0 aliphatic heterocycles. The number of rotatable bonds is 9. The lowest BCUT2D eigenvalue weighted by atomic mass is 10.2. The van der Waals surface area contributed by atoms with Crippen LogP contribution in [0.1, 0.15) is 32.3 Å². The molecule has 11 heteroatoms. The lowest BCUT2D eigenvalue weighted by Gasteiger charge is -2.09. The second kappa shape index (κ2) is 9.56. The number of nitrogens with zero attached hydrogens (tertiary/aromatic N) is 5. The summed E-state index contributed by atoms with van der Waals surface area (Å²) >= 11 is 1.48. The van der Waals surface area contributed by atoms with Crippen molar-refractivity contribution in [3.8, 4) is 21.5 Å². The lowest BCUT2D eigenvalue weighted by Crippen LogP contribution is -2.16. The zero-order valence-electron chi connectivity index (χ0n) is 18.7. The third-order valence-electron chi connectivity index (χ3n) is 4.88. The molecule has 0 spiro atoms. The fraction of sp³-hybridized carbons (Fsp3) is 0.318. The van der Waals surface area contributed by atoms with Crippen molar-refractivity contribution < 1.29 is 13.2 Å². The molecule has 3 heterocycles. The number of aromatic nitrogens is 5. The van der Waals surface area contributed by atoms with E-state index >= 15 is 0 Å². The van der Waals surface area contributed by atoms with Gasteiger partial charge in [0.1, 0.15) is 4.90 Å². The molecule has 3 aromatic heterocycles. The Balaban J connectivity index is 1.87. The van der Waals surface area contributed by atoms with E-state index in [1.54, 1.807) is 22.9 Å². The molecule has 0 fully saturated rings. The Labute approximate surface area is 196 Å². The van der Waals surface area contributed by atoms with Crippen LogP contribution in [-0.4, -0.2) is 45.4 Å². The highest BCUT2D eigenvalue weighted by Gasteiger charge is 2.24. The number of hydrogen-bond donors (Lipinski definition) is 1. The van der Waals surface area contributed by atoms with Gasteiger partial charge in [-0.2, -0.15) is 5.10 Å². The van der Waals surface area contributed by atoms with Crippen LogP contribution in [0.5, 0.6) is 0 Å². The standard InChI is InChI=1S/C22H26N6O3S2/c1-4-16-20(32-22(24-16)27-12-7-8-13-27)21-25-19(11-14-31-15(2)3)26-28(21)17-9-5-6-10-18(17)33(23,29)30/h5-10,12-13,15H,4,11,14H2,1-3H3,(H2,23,29,30). The Bertz CT molecular complexity index is 1340. The molecule has 0 amide bonds. The van der Waals surface area contributed by atoms with E-state index in [0.717, 1.165) is 15.7 Å². The Morgan fingerprint density at radius 1 is 1.12 bits per heavy atom. The van der Waals surface area contributed by atoms with Crippen LogP contribution in [0.4, 0.5) is 0 Å². The van der Waals surface area contributed by atoms with Crippen LogP contribution in [0.3, 0.4) is 0 Å². The number of para-hydroxylation sites is 1. The van der Waals surface area contributed by atoms with E-state index in [2.05, 4.69) is 5.10 Å². The molecule has 0 unspecified atom stereocenters. The second-order valence-corrected chi connectivity index (χ2v) is 10.2. The minimum Gasteiger partial charge on any atom is -0.378 e. The van der Waals surface area contributed by atoms with E-state index in [1.807, 2.05) is 49.9 Å². The van der Waals surface area contributed by atoms with Crippen LogP contribution in [0.15, 0.2) is 53.7 Å². The van der Waals surface area contributed by atoms with Gasteiger partial charge in [0, 0.05) is 18.8 Å². The monoisotopic (exact) mass is 486 g/mol. The molecule has 0 aliphatic carbocycles. The molecule has 9 nitrogen and oxygen atoms in total. The molecule has 4 rings (SSSR count). The van der Waals surface area contributed by atoms with Gasteiger partial charge in [0.05, 0.1) is 29.0 Å². The van der Waals surface area contributed by atoms with Crippen molar-refractivity contribution in [1.82, 2.24) is 24.3 Å². The second-order valence-electron chi connectivity index (χ2n) is 7.66. The summed E-state index contributed by atoms with van der Waals surface area (Å²) in [5, 5.41) is 11.0. The summed E-state index contributed by atoms with van der Waals surface area (Å²) < 4.78 is 33.7. The summed E-state index contributed by atoms with van der Waals surface area (Å²) in [6.45, 7) is 6.41. The number of aryl methyl sites for hydroxylation is 1. The zero-order valence-corrected chi connectivity index (χ0v) is 20.3. The van der Waals surface area contributed by atoms with Crippen molar-refractivity contribution in [3.63, 3.8) is 0 Å². The van der Waals surface area contributed by atoms with Gasteiger partial charge >= 0.3 is 0 Å². The third-order valence-corrected chi connectivity index (χ3v) is 6.94. The number of sulfonamides is 1. The lowest BCUT2D eigenvalue weighted by molar-refractivity contribution is 0.0804. The normalized spacial score (nSPS) is 12.0. The first-order chi connectivity index (χ1) is 15.8. The molecule has 0 radical (unpaired) electrons. The highest BCUT2D eigenvalue weighted by atomic mass is 32.2. The topological polar surface area (TPSA) is 118 Å². The smallest absolute Gasteiger partial charge is 0.240 e. The van der Waals surface area contributed by atoms with Gasteiger partial charge < -0.3 is 9.30 Å². The molecule has 1 aromatic carbocycles. The number of primary sulfonamides is 1. The molecule has 0 saturated heterocycles. The average molecular weight is 487 g/mol. The van der Waals surface area contributed by atoms with Gasteiger partial charge in [-0.25, -0.2) is 28.2 Å². The maximum Gasteiger partial charge on any atom is 0.240 e. The predicted molar refractivity (Wildman–Crippen MR) is 127 cm³/mol. The maximum absolute atomic E-state index is 12.3. The first-order valence-electron chi connectivity index (χ1n) is 10.6. The Hall–Kier alpha value is -2.86. The van der Waals surface area contributed by atoms with Crippen molar-refractivity contribution in [3.05, 3.63) is 60.3 Å². The molecule has 2 N–H and O–H groups in total. The average Bonchev–Trinajstić information content (AvgIpc) is 3.51. The molecule has 174 valence electrons. The van der Waals surface area contributed by atoms with Gasteiger partial charge in [0.15, 0.2) is 16.8 Å². The molecule has 4 aromatic rings. The summed E-state index contributed by atoms with van der Waals surface area (Å²) in [5.41, 5.74) is 1.20. The van der Waals surface area contributed by atoms with Crippen LogP contribution in [0.25, 0.3) is 21.5 Å². The summed E-state index contributed by atoms with van der Waals surface area (Å²) in [6, 6.07) is 10.4. The highest BCUT2D eigenvalue weighted by molar-refractivity contribution is 7.89. The molecule has 0 aliphatic rings. The Morgan fingerprint density at radius 3 is 2.52 bits per heavy atom. The van der Waals surface area contributed by atoms with E-state index in [-0.39, 0.29) is 11.0 Å². The van der Waals surface area contributed by atoms with Crippen molar-refractivity contribution in [1.29, 1.82) is 0 Å². The Morgan fingerprint density at radius 2 is 1.85 bits per heavy atom. The van der Waals surface area contributed by atoms with E-state index in [4.69, 9.17) is 19.8 Å². The SMILES string of the molecule is CCc1nc(-n2cccc2)sc1-c1nc(CCOC(C)C)nn1-c1ccccc1S(N)(=O)=O. The van der Waals surface area contributed by atoms with Crippen LogP contribution in [0, 0.1) is 0 Å². The number of thiazole rings is 1. The molecule has 0 saturated carbocycles. The van der Waals surface area contributed by atoms with E-state index in [1.165, 1.54) is 17.4 Å². The Kier molecular flexibility index (Phi) is 6.75. The highest BCUT2D eigenvalue weighted by Crippen LogP contribution is 2.34. The van der Waals surface area contributed by atoms with E-state index < -0.39 is 10.0 Å². The van der Waals surface area contributed by atoms with Gasteiger partial charge in [-0.05, 0) is 44.5 Å². The number of ether oxygens (including phenoxy) is 1. The quantitative estimate of drug-likeness (QED) is 0.388. The number of hydrogen-bond acceptors (Lipinski definition) is 7. The van der Waals surface area contributed by atoms with Gasteiger partial charge in [-0.15, -0.1) is 0 Å². The van der Waals surface area contributed by atoms with Gasteiger partial charge in [0.2, 0.25) is 10.0 Å². The minimum absolute atomic E-state index is 0.0191. The molecule has 0 atom stereocenters. The fourth-order valence-corrected chi connectivity index (χ4v) is 5.17. The van der Waals surface area contributed by atoms with Crippen LogP contribution in [0.2, 0.25) is 0 Å². The zero-order chi connectivity index (χ0) is 23.6. The summed E-state index contributed by atoms with van der Waals surface area (Å²) in [5.74, 6) is 1.08. The first kappa shape index (κ1) is 23.3. The summed E-state index contributed by atoms with van der Waals surface area (Å²) in [7, 11) is -3.98. The predicted octanol–water partition coefficient (Wildman–Crippen LogP) is 3.36. The molecular formula is C22H26N6O3S2. The first-order valence-corrected chi connectivity index (χ1v) is 13.0. The van der Waals surface area contributed by atoms with Gasteiger partial charge in [-0.3, -0.25) is 0 Å². The maximum atomic E-state index is 12.3. The summed E-state index contributed by atoms with van der Waals surface area (Å²) in [4.78, 5) is 10.4. The van der Waals surface area contributed by atoms with Crippen molar-refractivity contribution in [2.75, 3.05) is 6.61 Å². The van der Waals surface area contributed by atoms with Crippen LogP contribution < -0.4 is 5.14 Å². The number of nitrogens with two attached hydrogens (primary N) is 1. The molecular weight excluding hydrogens is 460 g/mol. The van der Waals surface area contributed by atoms with Crippen molar-refractivity contribution in [2.24, 2.45) is 5.14 Å². The van der Waals surface area contributed by atoms with Crippen LogP contribution in [-0.2, 0) is 27.6 Å². The summed E-state index contributed by atoms with van der Waals surface area (Å²) in [6.07, 6.45) is 5.12. The fourth-order valence-electron chi connectivity index (χ4n) is 3.36. The molecule has 0 bridgehead atoms. The van der Waals surface area contributed by atoms with Gasteiger partial charge in [-0.1, -0.05) is 30.4 Å². The third kappa shape index (κ3) is 5.06. The van der Waals surface area contributed by atoms with E-state index in [0.29, 0.717) is 36.8 Å². The largest absolute Gasteiger partial charge is 0.378 e. The van der Waals surface area contributed by atoms with Crippen LogP contribution >= 0.6 is 11.3 Å². The van der Waals surface area contributed by atoms with E-state index in [9.17, 15) is 8.42 Å².